The van der Waals surface area contributed by atoms with Crippen molar-refractivity contribution in [3.8, 4) is 11.5 Å². The number of nitrogens with one attached hydrogen (secondary N) is 1. The molecule has 2 aromatic rings. The van der Waals surface area contributed by atoms with E-state index < -0.39 is 0 Å². The number of benzene rings is 1. The van der Waals surface area contributed by atoms with Gasteiger partial charge >= 0.3 is 0 Å². The van der Waals surface area contributed by atoms with Crippen molar-refractivity contribution in [1.82, 2.24) is 10.2 Å². The van der Waals surface area contributed by atoms with Gasteiger partial charge in [-0.3, -0.25) is 4.79 Å². The molecule has 1 aliphatic rings. The molecule has 0 bridgehead atoms. The zero-order valence-electron chi connectivity index (χ0n) is 18.2. The summed E-state index contributed by atoms with van der Waals surface area (Å²) < 4.78 is 11.0. The summed E-state index contributed by atoms with van der Waals surface area (Å²) in [6.07, 6.45) is 1.76. The maximum Gasteiger partial charge on any atom is 0.240 e. The summed E-state index contributed by atoms with van der Waals surface area (Å²) in [7, 11) is 3.30. The first kappa shape index (κ1) is 21.7. The third-order valence-electron chi connectivity index (χ3n) is 5.83. The van der Waals surface area contributed by atoms with E-state index in [2.05, 4.69) is 43.6 Å². The first-order valence-electron chi connectivity index (χ1n) is 10.2. The summed E-state index contributed by atoms with van der Waals surface area (Å²) in [5.74, 6) is 1.56. The van der Waals surface area contributed by atoms with E-state index >= 15 is 0 Å². The van der Waals surface area contributed by atoms with Gasteiger partial charge in [0.15, 0.2) is 11.5 Å². The van der Waals surface area contributed by atoms with E-state index in [9.17, 15) is 4.79 Å². The van der Waals surface area contributed by atoms with Gasteiger partial charge in [-0.25, -0.2) is 0 Å². The average molecular weight is 417 g/mol. The highest BCUT2D eigenvalue weighted by atomic mass is 32.1. The summed E-state index contributed by atoms with van der Waals surface area (Å²) in [6.45, 7) is 9.06. The van der Waals surface area contributed by atoms with Gasteiger partial charge in [0.25, 0.3) is 0 Å². The van der Waals surface area contributed by atoms with Crippen LogP contribution in [-0.2, 0) is 11.2 Å². The predicted molar refractivity (Wildman–Crippen MR) is 118 cm³/mol. The largest absolute Gasteiger partial charge is 0.493 e. The monoisotopic (exact) mass is 416 g/mol. The zero-order chi connectivity index (χ0) is 21.2. The molecular weight excluding hydrogens is 384 g/mol. The van der Waals surface area contributed by atoms with E-state index in [1.54, 1.807) is 25.6 Å². The van der Waals surface area contributed by atoms with E-state index in [0.717, 1.165) is 29.0 Å². The Labute approximate surface area is 178 Å². The summed E-state index contributed by atoms with van der Waals surface area (Å²) in [5, 5.41) is 5.57. The van der Waals surface area contributed by atoms with Crippen molar-refractivity contribution in [1.29, 1.82) is 0 Å². The molecule has 1 N–H and O–H groups in total. The average Bonchev–Trinajstić information content (AvgIpc) is 3.25. The number of rotatable bonds is 7. The van der Waals surface area contributed by atoms with Gasteiger partial charge in [-0.05, 0) is 68.3 Å². The molecule has 3 rings (SSSR count). The molecule has 1 amide bonds. The predicted octanol–water partition coefficient (Wildman–Crippen LogP) is 4.41. The number of nitrogens with zero attached hydrogens (tertiary/aromatic N) is 1. The Morgan fingerprint density at radius 1 is 1.31 bits per heavy atom. The quantitative estimate of drug-likeness (QED) is 0.727. The number of thiophene rings is 1. The van der Waals surface area contributed by atoms with Crippen molar-refractivity contribution in [2.75, 3.05) is 20.8 Å². The molecule has 0 radical (unpaired) electrons. The molecule has 5 nitrogen and oxygen atoms in total. The van der Waals surface area contributed by atoms with Crippen molar-refractivity contribution in [3.05, 3.63) is 45.6 Å². The van der Waals surface area contributed by atoms with Gasteiger partial charge in [-0.2, -0.15) is 0 Å². The second-order valence-corrected chi connectivity index (χ2v) is 9.19. The second-order valence-electron chi connectivity index (χ2n) is 8.21. The molecule has 1 aliphatic heterocycles. The van der Waals surface area contributed by atoms with Gasteiger partial charge in [0.2, 0.25) is 5.91 Å². The number of ether oxygens (including phenoxy) is 2. The Kier molecular flexibility index (Phi) is 6.54. The molecule has 0 spiro atoms. The molecule has 2 heterocycles. The third kappa shape index (κ3) is 4.43. The number of hydrogen-bond acceptors (Lipinski definition) is 5. The van der Waals surface area contributed by atoms with Crippen LogP contribution in [0.4, 0.5) is 0 Å². The van der Waals surface area contributed by atoms with E-state index in [-0.39, 0.29) is 23.5 Å². The van der Waals surface area contributed by atoms with Crippen LogP contribution in [0.15, 0.2) is 29.6 Å². The minimum Gasteiger partial charge on any atom is -0.493 e. The first-order valence-corrected chi connectivity index (χ1v) is 11.1. The summed E-state index contributed by atoms with van der Waals surface area (Å²) in [4.78, 5) is 16.7. The van der Waals surface area contributed by atoms with E-state index in [0.29, 0.717) is 12.3 Å². The highest BCUT2D eigenvalue weighted by Gasteiger charge is 2.36. The number of carbonyl (C=O) groups excluding carboxylic acids is 1. The number of fused-ring (bicyclic) bond motifs is 1. The highest BCUT2D eigenvalue weighted by Crippen LogP contribution is 2.42. The number of methoxy groups -OCH3 is 2. The van der Waals surface area contributed by atoms with Gasteiger partial charge < -0.3 is 19.7 Å². The van der Waals surface area contributed by atoms with Crippen LogP contribution in [0.3, 0.4) is 0 Å². The second kappa shape index (κ2) is 8.76. The minimum atomic E-state index is -0.255. The lowest BCUT2D eigenvalue weighted by Crippen LogP contribution is -2.54. The van der Waals surface area contributed by atoms with Crippen LogP contribution in [0.5, 0.6) is 11.5 Å². The van der Waals surface area contributed by atoms with Crippen molar-refractivity contribution >= 4 is 17.2 Å². The summed E-state index contributed by atoms with van der Waals surface area (Å²) in [5.41, 5.74) is 2.24. The van der Waals surface area contributed by atoms with Gasteiger partial charge in [0, 0.05) is 17.0 Å². The van der Waals surface area contributed by atoms with Crippen LogP contribution >= 0.6 is 11.3 Å². The summed E-state index contributed by atoms with van der Waals surface area (Å²) >= 11 is 1.68. The van der Waals surface area contributed by atoms with Gasteiger partial charge in [0.05, 0.1) is 26.3 Å². The van der Waals surface area contributed by atoms with Crippen LogP contribution in [0.25, 0.3) is 0 Å². The SMILES string of the molecule is CCC(C)(C)N[C@H](C)C(=O)N1CCc2cc(OC)c(OC)cc2[C@H]1c1cccs1. The molecule has 1 aromatic heterocycles. The van der Waals surface area contributed by atoms with Gasteiger partial charge in [-0.1, -0.05) is 13.0 Å². The van der Waals surface area contributed by atoms with E-state index in [4.69, 9.17) is 9.47 Å². The van der Waals surface area contributed by atoms with E-state index in [1.807, 2.05) is 24.0 Å². The molecule has 0 unspecified atom stereocenters. The maximum atomic E-state index is 13.5. The summed E-state index contributed by atoms with van der Waals surface area (Å²) in [6, 6.07) is 7.87. The normalized spacial score (nSPS) is 17.6. The van der Waals surface area contributed by atoms with Crippen LogP contribution < -0.4 is 14.8 Å². The molecule has 6 heteroatoms. The van der Waals surface area contributed by atoms with Crippen LogP contribution in [-0.4, -0.2) is 43.2 Å². The molecular formula is C23H32N2O3S. The third-order valence-corrected chi connectivity index (χ3v) is 6.76. The fourth-order valence-corrected chi connectivity index (χ4v) is 4.79. The van der Waals surface area contributed by atoms with Crippen molar-refractivity contribution in [2.24, 2.45) is 0 Å². The van der Waals surface area contributed by atoms with Crippen LogP contribution in [0.1, 0.15) is 56.2 Å². The first-order chi connectivity index (χ1) is 13.8. The number of hydrogen-bond donors (Lipinski definition) is 1. The Morgan fingerprint density at radius 2 is 2.00 bits per heavy atom. The fraction of sp³-hybridized carbons (Fsp3) is 0.522. The highest BCUT2D eigenvalue weighted by molar-refractivity contribution is 7.10. The van der Waals surface area contributed by atoms with Gasteiger partial charge in [-0.15, -0.1) is 11.3 Å². The zero-order valence-corrected chi connectivity index (χ0v) is 19.1. The number of amides is 1. The van der Waals surface area contributed by atoms with Crippen molar-refractivity contribution in [3.63, 3.8) is 0 Å². The molecule has 0 saturated carbocycles. The van der Waals surface area contributed by atoms with E-state index in [1.165, 1.54) is 5.56 Å². The topological polar surface area (TPSA) is 50.8 Å². The molecule has 0 aliphatic carbocycles. The standard InChI is InChI=1S/C23H32N2O3S/c1-7-23(3,4)24-15(2)22(26)25-11-10-16-13-18(27-5)19(28-6)14-17(16)21(25)20-9-8-12-29-20/h8-9,12-15,21,24H,7,10-11H2,1-6H3/t15-,21+/m1/s1. The minimum absolute atomic E-state index is 0.0855. The van der Waals surface area contributed by atoms with Gasteiger partial charge in [0.1, 0.15) is 0 Å². The lowest BCUT2D eigenvalue weighted by atomic mass is 9.90. The van der Waals surface area contributed by atoms with Crippen molar-refractivity contribution in [2.45, 2.75) is 58.2 Å². The fourth-order valence-electron chi connectivity index (χ4n) is 3.94. The molecule has 158 valence electrons. The Bertz CT molecular complexity index is 848. The smallest absolute Gasteiger partial charge is 0.240 e. The Hall–Kier alpha value is -2.05. The number of carbonyl (C=O) groups is 1. The lowest BCUT2D eigenvalue weighted by Gasteiger charge is -2.40. The van der Waals surface area contributed by atoms with Crippen LogP contribution in [0.2, 0.25) is 0 Å². The lowest BCUT2D eigenvalue weighted by molar-refractivity contribution is -0.135. The molecule has 0 fully saturated rings. The molecule has 0 saturated heterocycles. The molecule has 29 heavy (non-hydrogen) atoms. The molecule has 1 aromatic carbocycles. The van der Waals surface area contributed by atoms with Crippen LogP contribution in [0, 0.1) is 0 Å². The van der Waals surface area contributed by atoms with Crippen molar-refractivity contribution < 1.29 is 14.3 Å². The Balaban J connectivity index is 2.00. The maximum absolute atomic E-state index is 13.5. The Morgan fingerprint density at radius 3 is 2.59 bits per heavy atom. The molecule has 2 atom stereocenters.